The summed E-state index contributed by atoms with van der Waals surface area (Å²) in [6, 6.07) is 14.9. The van der Waals surface area contributed by atoms with Crippen molar-refractivity contribution in [2.45, 2.75) is 81.1 Å². The standard InChI is InChI=1S/C30H42N2O7S/c1-22(2)20-32(40(35,36)26-12-10-24(37-3)11-13-26)21-28(33)27(18-23-8-5-4-6-9-23)31-29(34)39-25-14-16-30(19-25)15-7-17-38-30/h4-6,8-13,22,25,27-28,33H,7,14-21H2,1-3H3,(H,31,34)/t25-,27+,28-,30+/m1/s1. The van der Waals surface area contributed by atoms with E-state index in [-0.39, 0.29) is 35.6 Å². The van der Waals surface area contributed by atoms with Crippen molar-refractivity contribution in [3.63, 3.8) is 0 Å². The minimum Gasteiger partial charge on any atom is -0.497 e. The molecule has 4 atom stereocenters. The number of rotatable bonds is 12. The van der Waals surface area contributed by atoms with E-state index in [0.29, 0.717) is 18.6 Å². The third kappa shape index (κ3) is 7.75. The Morgan fingerprint density at radius 1 is 1.12 bits per heavy atom. The average Bonchev–Trinajstić information content (AvgIpc) is 3.56. The maximum atomic E-state index is 13.6. The zero-order valence-electron chi connectivity index (χ0n) is 23.6. The van der Waals surface area contributed by atoms with Gasteiger partial charge in [-0.15, -0.1) is 0 Å². The molecule has 4 rings (SSSR count). The van der Waals surface area contributed by atoms with Crippen molar-refractivity contribution in [1.29, 1.82) is 0 Å². The minimum atomic E-state index is -3.92. The van der Waals surface area contributed by atoms with Crippen molar-refractivity contribution in [2.75, 3.05) is 26.8 Å². The molecule has 9 nitrogen and oxygen atoms in total. The number of hydrogen-bond donors (Lipinski definition) is 2. The molecule has 2 aliphatic rings. The molecule has 1 saturated heterocycles. The van der Waals surface area contributed by atoms with E-state index < -0.39 is 28.3 Å². The van der Waals surface area contributed by atoms with Gasteiger partial charge in [-0.05, 0) is 67.9 Å². The molecular weight excluding hydrogens is 532 g/mol. The van der Waals surface area contributed by atoms with E-state index in [1.165, 1.54) is 23.5 Å². The number of alkyl carbamates (subject to hydrolysis) is 1. The minimum absolute atomic E-state index is 0.0122. The number of benzene rings is 2. The van der Waals surface area contributed by atoms with Gasteiger partial charge in [0.05, 0.1) is 29.8 Å². The van der Waals surface area contributed by atoms with Crippen LogP contribution in [0.15, 0.2) is 59.5 Å². The van der Waals surface area contributed by atoms with E-state index >= 15 is 0 Å². The number of carbonyl (C=O) groups is 1. The van der Waals surface area contributed by atoms with Gasteiger partial charge in [0.15, 0.2) is 0 Å². The molecule has 1 amide bonds. The highest BCUT2D eigenvalue weighted by molar-refractivity contribution is 7.89. The molecular formula is C30H42N2O7S. The van der Waals surface area contributed by atoms with E-state index in [9.17, 15) is 18.3 Å². The molecule has 220 valence electrons. The second-order valence-electron chi connectivity index (χ2n) is 11.3. The molecule has 1 heterocycles. The Morgan fingerprint density at radius 2 is 1.85 bits per heavy atom. The third-order valence-electron chi connectivity index (χ3n) is 7.70. The van der Waals surface area contributed by atoms with Gasteiger partial charge < -0.3 is 24.6 Å². The van der Waals surface area contributed by atoms with Crippen LogP contribution in [0.5, 0.6) is 5.75 Å². The molecule has 10 heteroatoms. The molecule has 1 spiro atoms. The van der Waals surface area contributed by atoms with Crippen LogP contribution in [0.25, 0.3) is 0 Å². The monoisotopic (exact) mass is 574 g/mol. The zero-order valence-corrected chi connectivity index (χ0v) is 24.4. The normalized spacial score (nSPS) is 22.5. The quantitative estimate of drug-likeness (QED) is 0.392. The van der Waals surface area contributed by atoms with Crippen molar-refractivity contribution in [1.82, 2.24) is 9.62 Å². The van der Waals surface area contributed by atoms with Crippen LogP contribution < -0.4 is 10.1 Å². The first kappa shape index (κ1) is 30.3. The molecule has 1 saturated carbocycles. The van der Waals surface area contributed by atoms with Crippen LogP contribution in [-0.4, -0.2) is 74.6 Å². The average molecular weight is 575 g/mol. The molecule has 0 bridgehead atoms. The van der Waals surface area contributed by atoms with Crippen molar-refractivity contribution >= 4 is 16.1 Å². The molecule has 1 aliphatic carbocycles. The smallest absolute Gasteiger partial charge is 0.407 e. The fourth-order valence-corrected chi connectivity index (χ4v) is 7.28. The van der Waals surface area contributed by atoms with E-state index in [1.807, 2.05) is 44.2 Å². The predicted octanol–water partition coefficient (Wildman–Crippen LogP) is 4.14. The number of aliphatic hydroxyl groups excluding tert-OH is 1. The molecule has 0 radical (unpaired) electrons. The largest absolute Gasteiger partial charge is 0.497 e. The Bertz CT molecular complexity index is 1200. The highest BCUT2D eigenvalue weighted by Gasteiger charge is 2.44. The second kappa shape index (κ2) is 13.3. The van der Waals surface area contributed by atoms with Crippen molar-refractivity contribution in [3.05, 3.63) is 60.2 Å². The van der Waals surface area contributed by atoms with Gasteiger partial charge in [-0.25, -0.2) is 13.2 Å². The maximum absolute atomic E-state index is 13.6. The Labute approximate surface area is 237 Å². The van der Waals surface area contributed by atoms with Gasteiger partial charge in [0, 0.05) is 26.1 Å². The first-order valence-electron chi connectivity index (χ1n) is 14.1. The van der Waals surface area contributed by atoms with Gasteiger partial charge in [-0.3, -0.25) is 0 Å². The topological polar surface area (TPSA) is 114 Å². The number of ether oxygens (including phenoxy) is 3. The molecule has 0 unspecified atom stereocenters. The Balaban J connectivity index is 1.49. The van der Waals surface area contributed by atoms with Crippen LogP contribution in [0.3, 0.4) is 0 Å². The lowest BCUT2D eigenvalue weighted by molar-refractivity contribution is -0.00296. The van der Waals surface area contributed by atoms with Gasteiger partial charge in [0.1, 0.15) is 11.9 Å². The van der Waals surface area contributed by atoms with E-state index in [2.05, 4.69) is 5.32 Å². The number of nitrogens with zero attached hydrogens (tertiary/aromatic N) is 1. The van der Waals surface area contributed by atoms with Gasteiger partial charge >= 0.3 is 6.09 Å². The lowest BCUT2D eigenvalue weighted by Crippen LogP contribution is -2.51. The lowest BCUT2D eigenvalue weighted by atomic mass is 9.99. The predicted molar refractivity (Wildman–Crippen MR) is 152 cm³/mol. The fourth-order valence-electron chi connectivity index (χ4n) is 5.66. The highest BCUT2D eigenvalue weighted by Crippen LogP contribution is 2.42. The second-order valence-corrected chi connectivity index (χ2v) is 13.2. The number of aliphatic hydroxyl groups is 1. The summed E-state index contributed by atoms with van der Waals surface area (Å²) in [4.78, 5) is 13.1. The van der Waals surface area contributed by atoms with Gasteiger partial charge in [-0.2, -0.15) is 4.31 Å². The molecule has 2 fully saturated rings. The summed E-state index contributed by atoms with van der Waals surface area (Å²) < 4.78 is 45.4. The first-order valence-corrected chi connectivity index (χ1v) is 15.5. The molecule has 0 aromatic heterocycles. The number of amides is 1. The van der Waals surface area contributed by atoms with Crippen LogP contribution in [0, 0.1) is 5.92 Å². The molecule has 40 heavy (non-hydrogen) atoms. The van der Waals surface area contributed by atoms with E-state index in [1.54, 1.807) is 12.1 Å². The van der Waals surface area contributed by atoms with Crippen LogP contribution >= 0.6 is 0 Å². The fraction of sp³-hybridized carbons (Fsp3) is 0.567. The molecule has 1 aliphatic heterocycles. The van der Waals surface area contributed by atoms with Crippen LogP contribution in [0.1, 0.15) is 51.5 Å². The summed E-state index contributed by atoms with van der Waals surface area (Å²) in [6.07, 6.45) is 2.55. The maximum Gasteiger partial charge on any atom is 0.407 e. The summed E-state index contributed by atoms with van der Waals surface area (Å²) in [6.45, 7) is 4.60. The number of nitrogens with one attached hydrogen (secondary N) is 1. The summed E-state index contributed by atoms with van der Waals surface area (Å²) in [5, 5.41) is 14.3. The lowest BCUT2D eigenvalue weighted by Gasteiger charge is -2.31. The molecule has 2 aromatic carbocycles. The SMILES string of the molecule is COc1ccc(S(=O)(=O)N(CC(C)C)C[C@@H](O)[C@H](Cc2ccccc2)NC(=O)O[C@@H]2CC[C@@]3(CCCO3)C2)cc1. The van der Waals surface area contributed by atoms with Crippen LogP contribution in [0.4, 0.5) is 4.79 Å². The summed E-state index contributed by atoms with van der Waals surface area (Å²) in [7, 11) is -2.41. The van der Waals surface area contributed by atoms with Crippen LogP contribution in [-0.2, 0) is 25.9 Å². The van der Waals surface area contributed by atoms with Gasteiger partial charge in [0.2, 0.25) is 10.0 Å². The summed E-state index contributed by atoms with van der Waals surface area (Å²) in [5.74, 6) is 0.561. The van der Waals surface area contributed by atoms with E-state index in [4.69, 9.17) is 14.2 Å². The molecule has 2 aromatic rings. The van der Waals surface area contributed by atoms with Gasteiger partial charge in [0.25, 0.3) is 0 Å². The number of methoxy groups -OCH3 is 1. The van der Waals surface area contributed by atoms with Gasteiger partial charge in [-0.1, -0.05) is 44.2 Å². The number of carbonyl (C=O) groups excluding carboxylic acids is 1. The molecule has 2 N–H and O–H groups in total. The Hall–Kier alpha value is -2.66. The van der Waals surface area contributed by atoms with Crippen molar-refractivity contribution < 1.29 is 32.5 Å². The first-order chi connectivity index (χ1) is 19.1. The number of hydrogen-bond acceptors (Lipinski definition) is 7. The highest BCUT2D eigenvalue weighted by atomic mass is 32.2. The Morgan fingerprint density at radius 3 is 2.48 bits per heavy atom. The number of sulfonamides is 1. The Kier molecular flexibility index (Phi) is 10.1. The summed E-state index contributed by atoms with van der Waals surface area (Å²) in [5.41, 5.74) is 0.723. The van der Waals surface area contributed by atoms with E-state index in [0.717, 1.165) is 37.9 Å². The van der Waals surface area contributed by atoms with Crippen LogP contribution in [0.2, 0.25) is 0 Å². The third-order valence-corrected chi connectivity index (χ3v) is 9.55. The van der Waals surface area contributed by atoms with Crippen molar-refractivity contribution in [2.24, 2.45) is 5.92 Å². The van der Waals surface area contributed by atoms with Crippen molar-refractivity contribution in [3.8, 4) is 5.75 Å². The zero-order chi connectivity index (χ0) is 28.8. The summed E-state index contributed by atoms with van der Waals surface area (Å²) >= 11 is 0.